The van der Waals surface area contributed by atoms with Gasteiger partial charge in [-0.05, 0) is 29.8 Å². The van der Waals surface area contributed by atoms with Crippen LogP contribution in [0.25, 0.3) is 0 Å². The van der Waals surface area contributed by atoms with Crippen LogP contribution in [-0.4, -0.2) is 59.8 Å². The van der Waals surface area contributed by atoms with Crippen LogP contribution in [0.4, 0.5) is 5.69 Å². The van der Waals surface area contributed by atoms with Gasteiger partial charge >= 0.3 is 0 Å². The number of pyridine rings is 1. The van der Waals surface area contributed by atoms with Crippen LogP contribution in [0.1, 0.15) is 21.5 Å². The molecule has 4 N–H and O–H groups in total. The normalized spacial score (nSPS) is 14.4. The summed E-state index contributed by atoms with van der Waals surface area (Å²) in [6, 6.07) is 19.4. The van der Waals surface area contributed by atoms with Crippen molar-refractivity contribution in [2.45, 2.75) is 12.5 Å². The Kier molecular flexibility index (Phi) is 7.17. The number of nitrogens with one attached hydrogen (secondary N) is 2. The van der Waals surface area contributed by atoms with Gasteiger partial charge in [0.15, 0.2) is 0 Å². The first kappa shape index (κ1) is 23.0. The Hall–Kier alpha value is -4.20. The van der Waals surface area contributed by atoms with E-state index in [2.05, 4.69) is 15.2 Å². The number of anilines is 1. The van der Waals surface area contributed by atoms with Gasteiger partial charge in [0, 0.05) is 61.8 Å². The quantitative estimate of drug-likeness (QED) is 0.372. The molecule has 1 fully saturated rings. The third-order valence-electron chi connectivity index (χ3n) is 5.94. The molecule has 2 aromatic carbocycles. The van der Waals surface area contributed by atoms with Gasteiger partial charge in [-0.15, -0.1) is 0 Å². The van der Waals surface area contributed by atoms with E-state index in [-0.39, 0.29) is 17.6 Å². The van der Waals surface area contributed by atoms with E-state index in [1.807, 2.05) is 47.4 Å². The number of aromatic nitrogens is 1. The van der Waals surface area contributed by atoms with Crippen LogP contribution >= 0.6 is 0 Å². The number of carbonyl (C=O) groups is 2. The summed E-state index contributed by atoms with van der Waals surface area (Å²) in [5.41, 5.74) is 8.45. The summed E-state index contributed by atoms with van der Waals surface area (Å²) in [5, 5.41) is 10.5. The van der Waals surface area contributed by atoms with Crippen LogP contribution in [0.3, 0.4) is 0 Å². The summed E-state index contributed by atoms with van der Waals surface area (Å²) in [6.07, 6.45) is 3.92. The van der Waals surface area contributed by atoms with Crippen molar-refractivity contribution >= 4 is 23.3 Å². The minimum atomic E-state index is -0.705. The minimum absolute atomic E-state index is 0.102. The second kappa shape index (κ2) is 10.6. The first-order valence-corrected chi connectivity index (χ1v) is 11.2. The number of rotatable bonds is 7. The molecular formula is C26H28N6O2. The molecule has 2 amide bonds. The highest BCUT2D eigenvalue weighted by atomic mass is 16.2. The average Bonchev–Trinajstić information content (AvgIpc) is 2.89. The Bertz CT molecular complexity index is 1140. The van der Waals surface area contributed by atoms with Gasteiger partial charge in [0.05, 0.1) is 0 Å². The molecule has 3 aromatic rings. The van der Waals surface area contributed by atoms with Gasteiger partial charge < -0.3 is 20.9 Å². The SMILES string of the molecule is N=C(N)c1cccc(C(=O)N[C@H](Cc2ccccc2)C(=O)N2CCN(c3ccncc3)CC2)c1. The summed E-state index contributed by atoms with van der Waals surface area (Å²) < 4.78 is 0. The maximum atomic E-state index is 13.5. The molecule has 34 heavy (non-hydrogen) atoms. The Morgan fingerprint density at radius 3 is 2.29 bits per heavy atom. The number of benzene rings is 2. The molecule has 0 spiro atoms. The first-order valence-electron chi connectivity index (χ1n) is 11.2. The Morgan fingerprint density at radius 1 is 0.941 bits per heavy atom. The van der Waals surface area contributed by atoms with Crippen LogP contribution in [-0.2, 0) is 11.2 Å². The Morgan fingerprint density at radius 2 is 1.62 bits per heavy atom. The molecule has 0 bridgehead atoms. The molecule has 4 rings (SSSR count). The van der Waals surface area contributed by atoms with Crippen molar-refractivity contribution in [3.63, 3.8) is 0 Å². The van der Waals surface area contributed by atoms with Gasteiger partial charge in [-0.3, -0.25) is 20.0 Å². The van der Waals surface area contributed by atoms with Gasteiger partial charge in [-0.2, -0.15) is 0 Å². The van der Waals surface area contributed by atoms with Gasteiger partial charge in [-0.25, -0.2) is 0 Å². The number of amidine groups is 1. The van der Waals surface area contributed by atoms with Gasteiger partial charge in [0.1, 0.15) is 11.9 Å². The molecule has 1 atom stereocenters. The average molecular weight is 457 g/mol. The Balaban J connectivity index is 1.48. The van der Waals surface area contributed by atoms with Gasteiger partial charge in [-0.1, -0.05) is 42.5 Å². The summed E-state index contributed by atoms with van der Waals surface area (Å²) in [5.74, 6) is -0.583. The molecule has 1 aliphatic heterocycles. The maximum absolute atomic E-state index is 13.5. The number of nitrogens with two attached hydrogens (primary N) is 1. The van der Waals surface area contributed by atoms with Crippen LogP contribution in [0.15, 0.2) is 79.1 Å². The van der Waals surface area contributed by atoms with Crippen LogP contribution < -0.4 is 16.0 Å². The number of piperazine rings is 1. The van der Waals surface area contributed by atoms with Crippen LogP contribution in [0.5, 0.6) is 0 Å². The summed E-state index contributed by atoms with van der Waals surface area (Å²) in [7, 11) is 0. The zero-order valence-corrected chi connectivity index (χ0v) is 18.9. The monoisotopic (exact) mass is 456 g/mol. The van der Waals surface area contributed by atoms with E-state index >= 15 is 0 Å². The van der Waals surface area contributed by atoms with Crippen molar-refractivity contribution in [1.29, 1.82) is 5.41 Å². The highest BCUT2D eigenvalue weighted by Gasteiger charge is 2.29. The lowest BCUT2D eigenvalue weighted by Crippen LogP contribution is -2.55. The molecule has 2 heterocycles. The molecular weight excluding hydrogens is 428 g/mol. The molecule has 174 valence electrons. The second-order valence-corrected chi connectivity index (χ2v) is 8.23. The predicted molar refractivity (Wildman–Crippen MR) is 132 cm³/mol. The summed E-state index contributed by atoms with van der Waals surface area (Å²) >= 11 is 0. The standard InChI is InChI=1S/C26H28N6O2/c27-24(28)20-7-4-8-21(18-20)25(33)30-23(17-19-5-2-1-3-6-19)26(34)32-15-13-31(14-16-32)22-9-11-29-12-10-22/h1-12,18,23H,13-17H2,(H3,27,28)(H,30,33)/t23-/m1/s1. The smallest absolute Gasteiger partial charge is 0.251 e. The van der Waals surface area contributed by atoms with Crippen molar-refractivity contribution in [1.82, 2.24) is 15.2 Å². The molecule has 0 aliphatic carbocycles. The zero-order chi connectivity index (χ0) is 23.9. The number of nitrogen functional groups attached to an aromatic ring is 1. The number of carbonyl (C=O) groups excluding carboxylic acids is 2. The largest absolute Gasteiger partial charge is 0.384 e. The topological polar surface area (TPSA) is 115 Å². The van der Waals surface area contributed by atoms with E-state index in [1.165, 1.54) is 0 Å². The van der Waals surface area contributed by atoms with E-state index in [9.17, 15) is 9.59 Å². The number of hydrogen-bond donors (Lipinski definition) is 3. The van der Waals surface area contributed by atoms with Crippen molar-refractivity contribution in [2.24, 2.45) is 5.73 Å². The fourth-order valence-corrected chi connectivity index (χ4v) is 4.08. The van der Waals surface area contributed by atoms with Crippen molar-refractivity contribution in [2.75, 3.05) is 31.1 Å². The van der Waals surface area contributed by atoms with Gasteiger partial charge in [0.25, 0.3) is 5.91 Å². The van der Waals surface area contributed by atoms with Crippen molar-refractivity contribution in [3.8, 4) is 0 Å². The highest BCUT2D eigenvalue weighted by Crippen LogP contribution is 2.16. The van der Waals surface area contributed by atoms with Crippen molar-refractivity contribution in [3.05, 3.63) is 95.8 Å². The zero-order valence-electron chi connectivity index (χ0n) is 18.9. The van der Waals surface area contributed by atoms with E-state index in [0.717, 1.165) is 11.3 Å². The summed E-state index contributed by atoms with van der Waals surface area (Å²) in [6.45, 7) is 2.56. The fourth-order valence-electron chi connectivity index (χ4n) is 4.08. The third-order valence-corrected chi connectivity index (χ3v) is 5.94. The molecule has 0 radical (unpaired) electrons. The van der Waals surface area contributed by atoms with E-state index in [1.54, 1.807) is 36.7 Å². The second-order valence-electron chi connectivity index (χ2n) is 8.23. The molecule has 1 saturated heterocycles. The molecule has 1 aliphatic rings. The number of nitrogens with zero attached hydrogens (tertiary/aromatic N) is 3. The van der Waals surface area contributed by atoms with E-state index < -0.39 is 6.04 Å². The molecule has 0 saturated carbocycles. The number of amides is 2. The van der Waals surface area contributed by atoms with Crippen LogP contribution in [0, 0.1) is 5.41 Å². The Labute approximate surface area is 198 Å². The van der Waals surface area contributed by atoms with Crippen molar-refractivity contribution < 1.29 is 9.59 Å². The summed E-state index contributed by atoms with van der Waals surface area (Å²) in [4.78, 5) is 34.7. The molecule has 8 heteroatoms. The molecule has 1 aromatic heterocycles. The molecule has 0 unspecified atom stereocenters. The van der Waals surface area contributed by atoms with Gasteiger partial charge in [0.2, 0.25) is 5.91 Å². The molecule has 8 nitrogen and oxygen atoms in total. The lowest BCUT2D eigenvalue weighted by molar-refractivity contribution is -0.133. The number of hydrogen-bond acceptors (Lipinski definition) is 5. The third kappa shape index (κ3) is 5.58. The maximum Gasteiger partial charge on any atom is 0.251 e. The fraction of sp³-hybridized carbons (Fsp3) is 0.231. The lowest BCUT2D eigenvalue weighted by Gasteiger charge is -2.37. The first-order chi connectivity index (χ1) is 16.5. The van der Waals surface area contributed by atoms with E-state index in [0.29, 0.717) is 43.7 Å². The predicted octanol–water partition coefficient (Wildman–Crippen LogP) is 2.06. The lowest BCUT2D eigenvalue weighted by atomic mass is 10.0. The van der Waals surface area contributed by atoms with E-state index in [4.69, 9.17) is 11.1 Å². The van der Waals surface area contributed by atoms with Crippen LogP contribution in [0.2, 0.25) is 0 Å². The highest BCUT2D eigenvalue weighted by molar-refractivity contribution is 6.01. The minimum Gasteiger partial charge on any atom is -0.384 e.